The molecule has 0 saturated heterocycles. The van der Waals surface area contributed by atoms with Gasteiger partial charge in [0.05, 0.1) is 7.11 Å². The summed E-state index contributed by atoms with van der Waals surface area (Å²) in [6, 6.07) is 13.0. The van der Waals surface area contributed by atoms with Crippen LogP contribution in [0.15, 0.2) is 48.5 Å². The number of methoxy groups -OCH3 is 1. The average Bonchev–Trinajstić information content (AvgIpc) is 3.34. The Balaban J connectivity index is 1.61. The summed E-state index contributed by atoms with van der Waals surface area (Å²) >= 11 is 0. The Labute approximate surface area is 138 Å². The monoisotopic (exact) mass is 328 g/mol. The highest BCUT2D eigenvalue weighted by Gasteiger charge is 2.39. The number of carbonyl (C=O) groups is 2. The highest BCUT2D eigenvalue weighted by molar-refractivity contribution is 5.96. The van der Waals surface area contributed by atoms with Gasteiger partial charge in [-0.3, -0.25) is 10.1 Å². The lowest BCUT2D eigenvalue weighted by Crippen LogP contribution is -2.26. The quantitative estimate of drug-likeness (QED) is 0.905. The molecular weight excluding hydrogens is 311 g/mol. The molecule has 0 unspecified atom stereocenters. The van der Waals surface area contributed by atoms with E-state index < -0.39 is 6.09 Å². The molecule has 2 amide bonds. The topological polar surface area (TPSA) is 67.4 Å². The second kappa shape index (κ2) is 6.70. The van der Waals surface area contributed by atoms with Crippen LogP contribution in [-0.4, -0.2) is 25.2 Å². The molecule has 6 heteroatoms. The molecule has 1 aliphatic rings. The SMILES string of the molecule is COC(=O)Nc1cccc(C(=O)N[C@H]2C[C@H]2c2ccc(F)cc2)c1. The van der Waals surface area contributed by atoms with Gasteiger partial charge in [-0.05, 0) is 42.3 Å². The standard InChI is InChI=1S/C18H17FN2O3/c1-24-18(23)20-14-4-2-3-12(9-14)17(22)21-16-10-15(16)11-5-7-13(19)8-6-11/h2-9,15-16H,10H2,1H3,(H,20,23)(H,21,22)/t15-,16-/m0/s1. The van der Waals surface area contributed by atoms with Gasteiger partial charge in [-0.15, -0.1) is 0 Å². The fourth-order valence-electron chi connectivity index (χ4n) is 2.59. The average molecular weight is 328 g/mol. The first kappa shape index (κ1) is 16.0. The summed E-state index contributed by atoms with van der Waals surface area (Å²) in [6.45, 7) is 0. The predicted molar refractivity (Wildman–Crippen MR) is 87.5 cm³/mol. The van der Waals surface area contributed by atoms with Gasteiger partial charge in [-0.25, -0.2) is 9.18 Å². The van der Waals surface area contributed by atoms with Crippen molar-refractivity contribution in [2.45, 2.75) is 18.4 Å². The Morgan fingerprint density at radius 1 is 1.17 bits per heavy atom. The molecule has 2 N–H and O–H groups in total. The largest absolute Gasteiger partial charge is 0.453 e. The molecule has 0 bridgehead atoms. The normalized spacial score (nSPS) is 18.6. The van der Waals surface area contributed by atoms with Gasteiger partial charge in [-0.2, -0.15) is 0 Å². The van der Waals surface area contributed by atoms with Crippen LogP contribution in [0.4, 0.5) is 14.9 Å². The van der Waals surface area contributed by atoms with Crippen LogP contribution in [0.3, 0.4) is 0 Å². The van der Waals surface area contributed by atoms with E-state index in [1.807, 2.05) is 0 Å². The third kappa shape index (κ3) is 3.71. The summed E-state index contributed by atoms with van der Waals surface area (Å²) in [5.41, 5.74) is 1.96. The van der Waals surface area contributed by atoms with E-state index in [0.29, 0.717) is 11.3 Å². The molecule has 2 atom stereocenters. The van der Waals surface area contributed by atoms with Crippen molar-refractivity contribution in [3.63, 3.8) is 0 Å². The first-order valence-electron chi connectivity index (χ1n) is 7.58. The Kier molecular flexibility index (Phi) is 4.46. The Hall–Kier alpha value is -2.89. The lowest BCUT2D eigenvalue weighted by molar-refractivity contribution is 0.0950. The number of rotatable bonds is 4. The molecule has 0 radical (unpaired) electrons. The van der Waals surface area contributed by atoms with Gasteiger partial charge in [0.1, 0.15) is 5.82 Å². The van der Waals surface area contributed by atoms with Crippen molar-refractivity contribution >= 4 is 17.7 Å². The van der Waals surface area contributed by atoms with Gasteiger partial charge in [-0.1, -0.05) is 18.2 Å². The molecule has 24 heavy (non-hydrogen) atoms. The van der Waals surface area contributed by atoms with Crippen LogP contribution in [-0.2, 0) is 4.74 Å². The minimum absolute atomic E-state index is 0.0418. The maximum Gasteiger partial charge on any atom is 0.411 e. The number of nitrogens with one attached hydrogen (secondary N) is 2. The van der Waals surface area contributed by atoms with E-state index in [0.717, 1.165) is 12.0 Å². The Morgan fingerprint density at radius 2 is 1.92 bits per heavy atom. The molecule has 1 aliphatic carbocycles. The van der Waals surface area contributed by atoms with Gasteiger partial charge in [0.15, 0.2) is 0 Å². The number of benzene rings is 2. The second-order valence-electron chi connectivity index (χ2n) is 5.67. The number of amides is 2. The first-order valence-corrected chi connectivity index (χ1v) is 7.58. The highest BCUT2D eigenvalue weighted by atomic mass is 19.1. The number of ether oxygens (including phenoxy) is 1. The summed E-state index contributed by atoms with van der Waals surface area (Å²) in [6.07, 6.45) is 0.239. The fraction of sp³-hybridized carbons (Fsp3) is 0.222. The summed E-state index contributed by atoms with van der Waals surface area (Å²) < 4.78 is 17.5. The number of carbonyl (C=O) groups excluding carboxylic acids is 2. The summed E-state index contributed by atoms with van der Waals surface area (Å²) in [5.74, 6) is -0.265. The number of anilines is 1. The Morgan fingerprint density at radius 3 is 2.62 bits per heavy atom. The fourth-order valence-corrected chi connectivity index (χ4v) is 2.59. The molecule has 0 aliphatic heterocycles. The smallest absolute Gasteiger partial charge is 0.411 e. The summed E-state index contributed by atoms with van der Waals surface area (Å²) in [4.78, 5) is 23.5. The van der Waals surface area contributed by atoms with Gasteiger partial charge < -0.3 is 10.1 Å². The van der Waals surface area contributed by atoms with Crippen molar-refractivity contribution in [2.24, 2.45) is 0 Å². The van der Waals surface area contributed by atoms with Crippen LogP contribution in [0, 0.1) is 5.82 Å². The molecule has 124 valence electrons. The minimum atomic E-state index is -0.592. The zero-order valence-corrected chi connectivity index (χ0v) is 13.1. The van der Waals surface area contributed by atoms with Crippen LogP contribution in [0.1, 0.15) is 28.3 Å². The molecule has 3 rings (SSSR count). The molecule has 2 aromatic rings. The molecule has 0 spiro atoms. The Bertz CT molecular complexity index is 761. The van der Waals surface area contributed by atoms with Crippen LogP contribution in [0.25, 0.3) is 0 Å². The van der Waals surface area contributed by atoms with Crippen molar-refractivity contribution in [2.75, 3.05) is 12.4 Å². The van der Waals surface area contributed by atoms with E-state index >= 15 is 0 Å². The summed E-state index contributed by atoms with van der Waals surface area (Å²) in [7, 11) is 1.27. The van der Waals surface area contributed by atoms with Crippen LogP contribution in [0.5, 0.6) is 0 Å². The van der Waals surface area contributed by atoms with E-state index in [1.54, 1.807) is 36.4 Å². The lowest BCUT2D eigenvalue weighted by atomic mass is 10.1. The van der Waals surface area contributed by atoms with E-state index in [2.05, 4.69) is 15.4 Å². The van der Waals surface area contributed by atoms with Gasteiger partial charge in [0.25, 0.3) is 5.91 Å². The summed E-state index contributed by atoms with van der Waals surface area (Å²) in [5, 5.41) is 5.47. The van der Waals surface area contributed by atoms with Crippen molar-refractivity contribution in [3.8, 4) is 0 Å². The van der Waals surface area contributed by atoms with Crippen LogP contribution in [0.2, 0.25) is 0 Å². The number of halogens is 1. The lowest BCUT2D eigenvalue weighted by Gasteiger charge is -2.08. The first-order chi connectivity index (χ1) is 11.6. The van der Waals surface area contributed by atoms with Crippen molar-refractivity contribution in [1.29, 1.82) is 0 Å². The van der Waals surface area contributed by atoms with Gasteiger partial charge in [0.2, 0.25) is 0 Å². The highest BCUT2D eigenvalue weighted by Crippen LogP contribution is 2.40. The maximum absolute atomic E-state index is 12.9. The third-order valence-corrected chi connectivity index (χ3v) is 3.96. The molecule has 2 aromatic carbocycles. The zero-order valence-electron chi connectivity index (χ0n) is 13.1. The van der Waals surface area contributed by atoms with E-state index in [9.17, 15) is 14.0 Å². The minimum Gasteiger partial charge on any atom is -0.453 e. The van der Waals surface area contributed by atoms with Crippen molar-refractivity contribution in [3.05, 3.63) is 65.5 Å². The molecule has 0 aromatic heterocycles. The molecule has 1 fully saturated rings. The number of hydrogen-bond donors (Lipinski definition) is 2. The van der Waals surface area contributed by atoms with Crippen molar-refractivity contribution in [1.82, 2.24) is 5.32 Å². The number of hydrogen-bond acceptors (Lipinski definition) is 3. The van der Waals surface area contributed by atoms with E-state index in [-0.39, 0.29) is 23.7 Å². The van der Waals surface area contributed by atoms with Crippen LogP contribution >= 0.6 is 0 Å². The van der Waals surface area contributed by atoms with Gasteiger partial charge >= 0.3 is 6.09 Å². The molecule has 1 saturated carbocycles. The molecule has 5 nitrogen and oxygen atoms in total. The van der Waals surface area contributed by atoms with Crippen LogP contribution < -0.4 is 10.6 Å². The molecular formula is C18H17FN2O3. The van der Waals surface area contributed by atoms with Gasteiger partial charge in [0, 0.05) is 23.2 Å². The second-order valence-corrected chi connectivity index (χ2v) is 5.67. The maximum atomic E-state index is 12.9. The predicted octanol–water partition coefficient (Wildman–Crippen LogP) is 3.29. The van der Waals surface area contributed by atoms with E-state index in [1.165, 1.54) is 19.2 Å². The zero-order chi connectivity index (χ0) is 17.1. The third-order valence-electron chi connectivity index (χ3n) is 3.96. The van der Waals surface area contributed by atoms with Crippen molar-refractivity contribution < 1.29 is 18.7 Å². The molecule has 0 heterocycles. The van der Waals surface area contributed by atoms with E-state index in [4.69, 9.17) is 0 Å².